The monoisotopic (exact) mass is 312 g/mol. The number of benzene rings is 1. The number of Topliss-reactive ketones (excluding diaryl/α,β-unsaturated/α-hetero) is 1. The van der Waals surface area contributed by atoms with Crippen molar-refractivity contribution in [2.75, 3.05) is 7.11 Å². The summed E-state index contributed by atoms with van der Waals surface area (Å²) in [5.41, 5.74) is -1.56. The fourth-order valence-corrected chi connectivity index (χ4v) is 3.54. The SMILES string of the molecule is COC1=C(c2c(O)cccc2C(F)(F)F)C(=O)C2CCC1C2. The quantitative estimate of drug-likeness (QED) is 0.904. The second-order valence-electron chi connectivity index (χ2n) is 5.71. The molecule has 6 heteroatoms. The minimum atomic E-state index is -4.66. The van der Waals surface area contributed by atoms with E-state index in [1.165, 1.54) is 7.11 Å². The molecular weight excluding hydrogens is 297 g/mol. The van der Waals surface area contributed by atoms with E-state index in [0.717, 1.165) is 24.6 Å². The summed E-state index contributed by atoms with van der Waals surface area (Å²) in [6, 6.07) is 3.16. The van der Waals surface area contributed by atoms with Crippen LogP contribution in [-0.4, -0.2) is 18.0 Å². The third-order valence-electron chi connectivity index (χ3n) is 4.48. The number of alkyl halides is 3. The Labute approximate surface area is 125 Å². The summed E-state index contributed by atoms with van der Waals surface area (Å²) in [6.07, 6.45) is -2.68. The minimum absolute atomic E-state index is 0.0524. The molecule has 1 aromatic carbocycles. The standard InChI is InChI=1S/C16H15F3O3/c1-22-15-9-6-5-8(7-9)14(21)13(15)12-10(16(17,18)19)3-2-4-11(12)20/h2-4,8-9,20H,5-7H2,1H3. The van der Waals surface area contributed by atoms with Crippen LogP contribution in [0.3, 0.4) is 0 Å². The Morgan fingerprint density at radius 2 is 1.91 bits per heavy atom. The lowest BCUT2D eigenvalue weighted by atomic mass is 9.81. The van der Waals surface area contributed by atoms with Gasteiger partial charge < -0.3 is 9.84 Å². The summed E-state index contributed by atoms with van der Waals surface area (Å²) in [6.45, 7) is 0. The van der Waals surface area contributed by atoms with Crippen LogP contribution in [0.2, 0.25) is 0 Å². The summed E-state index contributed by atoms with van der Waals surface area (Å²) in [5, 5.41) is 9.99. The van der Waals surface area contributed by atoms with Gasteiger partial charge in [-0.25, -0.2) is 0 Å². The van der Waals surface area contributed by atoms with E-state index < -0.39 is 23.1 Å². The normalized spacial score (nSPS) is 24.8. The molecule has 0 aromatic heterocycles. The molecule has 2 unspecified atom stereocenters. The molecule has 0 spiro atoms. The van der Waals surface area contributed by atoms with Crippen LogP contribution in [0.4, 0.5) is 13.2 Å². The molecule has 3 rings (SSSR count). The van der Waals surface area contributed by atoms with E-state index >= 15 is 0 Å². The molecule has 0 amide bonds. The van der Waals surface area contributed by atoms with E-state index in [1.54, 1.807) is 0 Å². The van der Waals surface area contributed by atoms with Crippen LogP contribution in [0.1, 0.15) is 30.4 Å². The number of carbonyl (C=O) groups excluding carboxylic acids is 1. The zero-order valence-corrected chi connectivity index (χ0v) is 11.9. The topological polar surface area (TPSA) is 46.5 Å². The third kappa shape index (κ3) is 2.17. The first-order chi connectivity index (χ1) is 10.3. The number of hydrogen-bond acceptors (Lipinski definition) is 3. The Hall–Kier alpha value is -1.98. The summed E-state index contributed by atoms with van der Waals surface area (Å²) < 4.78 is 45.1. The highest BCUT2D eigenvalue weighted by molar-refractivity contribution is 6.24. The predicted octanol–water partition coefficient (Wildman–Crippen LogP) is 3.77. The molecule has 0 saturated heterocycles. The van der Waals surface area contributed by atoms with Gasteiger partial charge in [0.25, 0.3) is 0 Å². The van der Waals surface area contributed by atoms with Gasteiger partial charge in [0.15, 0.2) is 5.78 Å². The van der Waals surface area contributed by atoms with Crippen molar-refractivity contribution < 1.29 is 27.8 Å². The van der Waals surface area contributed by atoms with Crippen molar-refractivity contribution in [2.24, 2.45) is 11.8 Å². The molecule has 1 saturated carbocycles. The molecule has 1 fully saturated rings. The number of fused-ring (bicyclic) bond motifs is 2. The van der Waals surface area contributed by atoms with Gasteiger partial charge in [-0.15, -0.1) is 0 Å². The second kappa shape index (κ2) is 5.04. The molecule has 2 atom stereocenters. The zero-order chi connectivity index (χ0) is 16.1. The lowest BCUT2D eigenvalue weighted by Crippen LogP contribution is -2.24. The van der Waals surface area contributed by atoms with Gasteiger partial charge >= 0.3 is 6.18 Å². The van der Waals surface area contributed by atoms with Gasteiger partial charge in [0.1, 0.15) is 11.5 Å². The van der Waals surface area contributed by atoms with E-state index in [4.69, 9.17) is 4.74 Å². The number of hydrogen-bond donors (Lipinski definition) is 1. The van der Waals surface area contributed by atoms with Crippen LogP contribution in [0.15, 0.2) is 24.0 Å². The van der Waals surface area contributed by atoms with Crippen molar-refractivity contribution in [1.82, 2.24) is 0 Å². The molecule has 0 heterocycles. The van der Waals surface area contributed by atoms with Gasteiger partial charge in [0, 0.05) is 17.4 Å². The maximum atomic E-state index is 13.3. The number of carbonyl (C=O) groups is 1. The molecule has 0 aliphatic heterocycles. The molecule has 2 aliphatic rings. The predicted molar refractivity (Wildman–Crippen MR) is 72.9 cm³/mol. The number of ether oxygens (including phenoxy) is 1. The molecular formula is C16H15F3O3. The van der Waals surface area contributed by atoms with Crippen LogP contribution in [0.5, 0.6) is 5.75 Å². The summed E-state index contributed by atoms with van der Waals surface area (Å²) in [5.74, 6) is -0.972. The number of phenolic OH excluding ortho intramolecular Hbond substituents is 1. The van der Waals surface area contributed by atoms with Crippen molar-refractivity contribution in [2.45, 2.75) is 25.4 Å². The summed E-state index contributed by atoms with van der Waals surface area (Å²) in [4.78, 5) is 12.6. The fourth-order valence-electron chi connectivity index (χ4n) is 3.54. The lowest BCUT2D eigenvalue weighted by Gasteiger charge is -2.26. The molecule has 118 valence electrons. The summed E-state index contributed by atoms with van der Waals surface area (Å²) in [7, 11) is 1.36. The van der Waals surface area contributed by atoms with Gasteiger partial charge in [0.05, 0.1) is 18.2 Å². The van der Waals surface area contributed by atoms with Crippen LogP contribution in [0.25, 0.3) is 5.57 Å². The number of ketones is 1. The molecule has 22 heavy (non-hydrogen) atoms. The van der Waals surface area contributed by atoms with Gasteiger partial charge in [-0.3, -0.25) is 4.79 Å². The average Bonchev–Trinajstić information content (AvgIpc) is 2.88. The Morgan fingerprint density at radius 3 is 2.55 bits per heavy atom. The summed E-state index contributed by atoms with van der Waals surface area (Å²) >= 11 is 0. The third-order valence-corrected chi connectivity index (χ3v) is 4.48. The average molecular weight is 312 g/mol. The largest absolute Gasteiger partial charge is 0.507 e. The minimum Gasteiger partial charge on any atom is -0.507 e. The highest BCUT2D eigenvalue weighted by atomic mass is 19.4. The van der Waals surface area contributed by atoms with E-state index in [0.29, 0.717) is 12.8 Å². The second-order valence-corrected chi connectivity index (χ2v) is 5.71. The van der Waals surface area contributed by atoms with E-state index in [2.05, 4.69) is 0 Å². The smallest absolute Gasteiger partial charge is 0.417 e. The molecule has 1 N–H and O–H groups in total. The van der Waals surface area contributed by atoms with E-state index in [9.17, 15) is 23.1 Å². The first-order valence-corrected chi connectivity index (χ1v) is 7.06. The first kappa shape index (κ1) is 14.9. The number of allylic oxidation sites excluding steroid dienone is 2. The zero-order valence-electron chi connectivity index (χ0n) is 11.9. The van der Waals surface area contributed by atoms with Crippen LogP contribution < -0.4 is 0 Å². The Morgan fingerprint density at radius 1 is 1.23 bits per heavy atom. The number of aromatic hydroxyl groups is 1. The van der Waals surface area contributed by atoms with Crippen LogP contribution in [0, 0.1) is 11.8 Å². The van der Waals surface area contributed by atoms with Crippen molar-refractivity contribution in [1.29, 1.82) is 0 Å². The van der Waals surface area contributed by atoms with Gasteiger partial charge in [-0.05, 0) is 31.4 Å². The van der Waals surface area contributed by atoms with Crippen LogP contribution in [-0.2, 0) is 15.7 Å². The number of rotatable bonds is 2. The Kier molecular flexibility index (Phi) is 3.42. The van der Waals surface area contributed by atoms with E-state index in [1.807, 2.05) is 0 Å². The van der Waals surface area contributed by atoms with Crippen molar-refractivity contribution in [3.05, 3.63) is 35.1 Å². The van der Waals surface area contributed by atoms with Crippen molar-refractivity contribution >= 4 is 11.4 Å². The highest BCUT2D eigenvalue weighted by Gasteiger charge is 2.45. The van der Waals surface area contributed by atoms with Crippen LogP contribution >= 0.6 is 0 Å². The van der Waals surface area contributed by atoms with Gasteiger partial charge in [-0.1, -0.05) is 6.07 Å². The number of phenols is 1. The number of methoxy groups -OCH3 is 1. The Balaban J connectivity index is 2.28. The highest BCUT2D eigenvalue weighted by Crippen LogP contribution is 2.50. The lowest BCUT2D eigenvalue weighted by molar-refractivity contribution is -0.137. The van der Waals surface area contributed by atoms with Crippen molar-refractivity contribution in [3.63, 3.8) is 0 Å². The molecule has 2 aliphatic carbocycles. The first-order valence-electron chi connectivity index (χ1n) is 7.06. The Bertz CT molecular complexity index is 661. The fraction of sp³-hybridized carbons (Fsp3) is 0.438. The number of halogens is 3. The molecule has 1 aromatic rings. The maximum Gasteiger partial charge on any atom is 0.417 e. The van der Waals surface area contributed by atoms with Gasteiger partial charge in [-0.2, -0.15) is 13.2 Å². The molecule has 0 radical (unpaired) electrons. The molecule has 3 nitrogen and oxygen atoms in total. The van der Waals surface area contributed by atoms with E-state index in [-0.39, 0.29) is 29.0 Å². The van der Waals surface area contributed by atoms with Crippen molar-refractivity contribution in [3.8, 4) is 5.75 Å². The van der Waals surface area contributed by atoms with Gasteiger partial charge in [0.2, 0.25) is 0 Å². The molecule has 2 bridgehead atoms. The maximum absolute atomic E-state index is 13.3.